The molecule has 3 aromatic rings. The lowest BCUT2D eigenvalue weighted by Gasteiger charge is -2.26. The molecule has 0 atom stereocenters. The molecular weight excluding hydrogens is 613 g/mol. The van der Waals surface area contributed by atoms with Crippen LogP contribution < -0.4 is 16.0 Å². The Balaban J connectivity index is 1.33. The predicted octanol–water partition coefficient (Wildman–Crippen LogP) is 3.50. The average Bonchev–Trinajstić information content (AvgIpc) is 3.40. The maximum atomic E-state index is 13.3. The summed E-state index contributed by atoms with van der Waals surface area (Å²) in [7, 11) is -3.85. The Morgan fingerprint density at radius 2 is 1.84 bits per heavy atom. The Morgan fingerprint density at radius 1 is 1.09 bits per heavy atom. The van der Waals surface area contributed by atoms with E-state index in [1.807, 2.05) is 18.7 Å². The number of nitrogens with one attached hydrogen (secondary N) is 4. The quantitative estimate of drug-likeness (QED) is 0.263. The summed E-state index contributed by atoms with van der Waals surface area (Å²) in [5.41, 5.74) is 4.62. The van der Waals surface area contributed by atoms with Gasteiger partial charge in [0.15, 0.2) is 9.84 Å². The molecule has 1 aromatic heterocycles. The third kappa shape index (κ3) is 6.80. The number of aromatic amines is 1. The number of sulfone groups is 1. The maximum absolute atomic E-state index is 13.3. The van der Waals surface area contributed by atoms with Crippen LogP contribution in [-0.2, 0) is 36.4 Å². The van der Waals surface area contributed by atoms with Gasteiger partial charge >= 0.3 is 0 Å². The highest BCUT2D eigenvalue weighted by atomic mass is 35.5. The molecule has 43 heavy (non-hydrogen) atoms. The monoisotopic (exact) mass is 643 g/mol. The van der Waals surface area contributed by atoms with Gasteiger partial charge in [-0.1, -0.05) is 29.3 Å². The lowest BCUT2D eigenvalue weighted by molar-refractivity contribution is -0.124. The highest BCUT2D eigenvalue weighted by molar-refractivity contribution is 7.90. The minimum atomic E-state index is -3.85. The molecule has 3 heterocycles. The van der Waals surface area contributed by atoms with Crippen molar-refractivity contribution in [1.82, 2.24) is 20.5 Å². The minimum Gasteiger partial charge on any atom is -0.359 e. The highest BCUT2D eigenvalue weighted by Crippen LogP contribution is 2.37. The second kappa shape index (κ2) is 12.5. The topological polar surface area (TPSA) is 140 Å². The smallest absolute Gasteiger partial charge is 0.256 e. The number of rotatable bonds is 9. The number of anilines is 1. The van der Waals surface area contributed by atoms with Gasteiger partial charge in [-0.2, -0.15) is 0 Å². The molecule has 226 valence electrons. The zero-order valence-electron chi connectivity index (χ0n) is 23.6. The van der Waals surface area contributed by atoms with Crippen LogP contribution in [0.2, 0.25) is 10.0 Å². The number of fused-ring (bicyclic) bond motifs is 1. The molecule has 0 unspecified atom stereocenters. The first-order valence-corrected chi connectivity index (χ1v) is 16.1. The highest BCUT2D eigenvalue weighted by Gasteiger charge is 2.28. The van der Waals surface area contributed by atoms with E-state index in [9.17, 15) is 22.8 Å². The van der Waals surface area contributed by atoms with E-state index in [2.05, 4.69) is 20.9 Å². The number of carbonyl (C=O) groups excluding carboxylic acids is 3. The molecule has 1 saturated heterocycles. The Labute approximate surface area is 259 Å². The first kappa shape index (κ1) is 30.8. The summed E-state index contributed by atoms with van der Waals surface area (Å²) in [4.78, 5) is 42.5. The lowest BCUT2D eigenvalue weighted by Crippen LogP contribution is -2.49. The summed E-state index contributed by atoms with van der Waals surface area (Å²) in [5.74, 6) is -0.922. The van der Waals surface area contributed by atoms with E-state index in [4.69, 9.17) is 23.2 Å². The molecule has 0 radical (unpaired) electrons. The largest absolute Gasteiger partial charge is 0.359 e. The molecule has 3 amide bonds. The van der Waals surface area contributed by atoms with Crippen molar-refractivity contribution >= 4 is 68.1 Å². The summed E-state index contributed by atoms with van der Waals surface area (Å²) >= 11 is 12.4. The average molecular weight is 645 g/mol. The van der Waals surface area contributed by atoms with Crippen molar-refractivity contribution in [3.8, 4) is 0 Å². The van der Waals surface area contributed by atoms with Crippen LogP contribution in [0.15, 0.2) is 41.3 Å². The lowest BCUT2D eigenvalue weighted by atomic mass is 10.0. The Bertz CT molecular complexity index is 1750. The van der Waals surface area contributed by atoms with Crippen LogP contribution in [0, 0.1) is 13.8 Å². The van der Waals surface area contributed by atoms with Gasteiger partial charge in [0.25, 0.3) is 5.91 Å². The van der Waals surface area contributed by atoms with Gasteiger partial charge in [0.1, 0.15) is 0 Å². The molecule has 2 aliphatic heterocycles. The van der Waals surface area contributed by atoms with Crippen molar-refractivity contribution in [3.63, 3.8) is 0 Å². The van der Waals surface area contributed by atoms with E-state index in [0.29, 0.717) is 54.3 Å². The number of H-pyrrole nitrogens is 1. The van der Waals surface area contributed by atoms with Crippen LogP contribution in [0.25, 0.3) is 11.6 Å². The SMILES string of the molecule is Cc1[nH]c(C=C2C(=O)Nc3ccc(S(=O)(=O)Cc4c(Cl)cccc4Cl)cc32)c(C)c1CC(=O)NCCN1CCNC(=O)C1. The Morgan fingerprint density at radius 3 is 2.56 bits per heavy atom. The van der Waals surface area contributed by atoms with Crippen LogP contribution >= 0.6 is 23.2 Å². The van der Waals surface area contributed by atoms with Gasteiger partial charge in [-0.25, -0.2) is 8.42 Å². The zero-order chi connectivity index (χ0) is 30.9. The molecule has 0 aliphatic carbocycles. The van der Waals surface area contributed by atoms with Gasteiger partial charge in [0.2, 0.25) is 11.8 Å². The molecule has 2 aliphatic rings. The molecule has 5 rings (SSSR count). The van der Waals surface area contributed by atoms with Crippen LogP contribution in [0.3, 0.4) is 0 Å². The number of nitrogens with zero attached hydrogens (tertiary/aromatic N) is 1. The van der Waals surface area contributed by atoms with E-state index < -0.39 is 15.6 Å². The predicted molar refractivity (Wildman–Crippen MR) is 167 cm³/mol. The molecule has 1 fully saturated rings. The summed E-state index contributed by atoms with van der Waals surface area (Å²) in [6, 6.07) is 9.30. The van der Waals surface area contributed by atoms with Gasteiger partial charge in [-0.15, -0.1) is 0 Å². The van der Waals surface area contributed by atoms with Crippen LogP contribution in [0.1, 0.15) is 33.6 Å². The first-order chi connectivity index (χ1) is 20.4. The summed E-state index contributed by atoms with van der Waals surface area (Å²) < 4.78 is 26.7. The molecule has 0 spiro atoms. The molecular formula is C30H31Cl2N5O5S. The third-order valence-electron chi connectivity index (χ3n) is 7.65. The molecule has 4 N–H and O–H groups in total. The summed E-state index contributed by atoms with van der Waals surface area (Å²) in [5, 5.41) is 9.00. The standard InChI is InChI=1S/C30H31Cl2N5O5S/c1-17-20(14-28(38)33-8-10-37-11-9-34-29(39)15-37)18(2)35-27(17)13-22-21-12-19(6-7-26(21)36-30(22)40)43(41,42)16-23-24(31)4-3-5-25(23)32/h3-7,12-13,35H,8-11,14-16H2,1-2H3,(H,33,38)(H,34,39)(H,36,40). The van der Waals surface area contributed by atoms with Crippen molar-refractivity contribution in [2.45, 2.75) is 30.9 Å². The normalized spacial score (nSPS) is 16.2. The van der Waals surface area contributed by atoms with E-state index in [1.54, 1.807) is 30.3 Å². The summed E-state index contributed by atoms with van der Waals surface area (Å²) in [6.07, 6.45) is 1.82. The third-order valence-corrected chi connectivity index (χ3v) is 10.0. The number of benzene rings is 2. The fourth-order valence-electron chi connectivity index (χ4n) is 5.28. The first-order valence-electron chi connectivity index (χ1n) is 13.7. The molecule has 13 heteroatoms. The van der Waals surface area contributed by atoms with Crippen molar-refractivity contribution < 1.29 is 22.8 Å². The number of aromatic nitrogens is 1. The number of amides is 3. The van der Waals surface area contributed by atoms with E-state index >= 15 is 0 Å². The van der Waals surface area contributed by atoms with Crippen LogP contribution in [-0.4, -0.2) is 68.7 Å². The van der Waals surface area contributed by atoms with Crippen molar-refractivity contribution in [1.29, 1.82) is 0 Å². The number of hydrogen-bond donors (Lipinski definition) is 4. The molecule has 2 aromatic carbocycles. The number of halogens is 2. The summed E-state index contributed by atoms with van der Waals surface area (Å²) in [6.45, 7) is 6.41. The van der Waals surface area contributed by atoms with Gasteiger partial charge in [0, 0.05) is 64.4 Å². The second-order valence-electron chi connectivity index (χ2n) is 10.6. The minimum absolute atomic E-state index is 0.0174. The number of piperazine rings is 1. The molecule has 0 saturated carbocycles. The zero-order valence-corrected chi connectivity index (χ0v) is 26.0. The number of hydrogen-bond acceptors (Lipinski definition) is 6. The number of carbonyl (C=O) groups is 3. The number of aryl methyl sites for hydroxylation is 1. The fourth-order valence-corrected chi connectivity index (χ4v) is 7.40. The molecule has 0 bridgehead atoms. The van der Waals surface area contributed by atoms with Gasteiger partial charge in [-0.3, -0.25) is 19.3 Å². The van der Waals surface area contributed by atoms with Gasteiger partial charge in [-0.05, 0) is 61.4 Å². The van der Waals surface area contributed by atoms with Crippen LogP contribution in [0.5, 0.6) is 0 Å². The van der Waals surface area contributed by atoms with E-state index in [0.717, 1.165) is 23.4 Å². The molecule has 10 nitrogen and oxygen atoms in total. The van der Waals surface area contributed by atoms with Gasteiger partial charge < -0.3 is 20.9 Å². The van der Waals surface area contributed by atoms with Crippen molar-refractivity contribution in [2.75, 3.05) is 38.0 Å². The fraction of sp³-hybridized carbons (Fsp3) is 0.300. The van der Waals surface area contributed by atoms with E-state index in [1.165, 1.54) is 12.1 Å². The van der Waals surface area contributed by atoms with Gasteiger partial charge in [0.05, 0.1) is 29.2 Å². The van der Waals surface area contributed by atoms with E-state index in [-0.39, 0.29) is 39.1 Å². The maximum Gasteiger partial charge on any atom is 0.256 e. The van der Waals surface area contributed by atoms with Crippen molar-refractivity contribution in [2.24, 2.45) is 0 Å². The second-order valence-corrected chi connectivity index (χ2v) is 13.4. The Kier molecular flexibility index (Phi) is 8.98. The van der Waals surface area contributed by atoms with Crippen LogP contribution in [0.4, 0.5) is 5.69 Å². The Hall–Kier alpha value is -3.64. The van der Waals surface area contributed by atoms with Crippen molar-refractivity contribution in [3.05, 3.63) is 80.1 Å².